The normalized spacial score (nSPS) is 26.4. The predicted molar refractivity (Wildman–Crippen MR) is 91.5 cm³/mol. The second-order valence-corrected chi connectivity index (χ2v) is 6.80. The van der Waals surface area contributed by atoms with Gasteiger partial charge in [-0.25, -0.2) is 9.67 Å². The molecule has 2 aliphatic heterocycles. The molecule has 6 nitrogen and oxygen atoms in total. The van der Waals surface area contributed by atoms with Crippen molar-refractivity contribution < 1.29 is 4.79 Å². The minimum atomic E-state index is 0. The fraction of sp³-hybridized carbons (Fsp3) is 0.812. The molecule has 23 heavy (non-hydrogen) atoms. The van der Waals surface area contributed by atoms with Gasteiger partial charge in [-0.1, -0.05) is 6.92 Å². The van der Waals surface area contributed by atoms with E-state index in [1.54, 1.807) is 12.7 Å². The summed E-state index contributed by atoms with van der Waals surface area (Å²) in [4.78, 5) is 18.7. The van der Waals surface area contributed by atoms with Gasteiger partial charge in [-0.3, -0.25) is 4.79 Å². The maximum absolute atomic E-state index is 12.6. The number of carbonyl (C=O) groups is 1. The third-order valence-electron chi connectivity index (χ3n) is 5.20. The molecular weight excluding hydrogens is 314 g/mol. The zero-order chi connectivity index (χ0) is 15.4. The number of piperidine rings is 2. The van der Waals surface area contributed by atoms with E-state index in [0.717, 1.165) is 39.0 Å². The first-order chi connectivity index (χ1) is 10.7. The fourth-order valence-electron chi connectivity index (χ4n) is 3.74. The molecular formula is C16H28ClN5O. The summed E-state index contributed by atoms with van der Waals surface area (Å²) in [5.74, 6) is 1.42. The lowest BCUT2D eigenvalue weighted by Crippen LogP contribution is -2.42. The highest BCUT2D eigenvalue weighted by atomic mass is 35.5. The maximum Gasteiger partial charge on any atom is 0.222 e. The van der Waals surface area contributed by atoms with Crippen LogP contribution in [0.15, 0.2) is 12.7 Å². The first-order valence-electron chi connectivity index (χ1n) is 8.56. The lowest BCUT2D eigenvalue weighted by molar-refractivity contribution is -0.134. The fourth-order valence-corrected chi connectivity index (χ4v) is 3.74. The standard InChI is InChI=1S/C16H27N5O.ClH/c1-13(14-4-2-6-17-9-14)8-16(22)20-7-3-5-15(10-20)21-12-18-11-19-21;/h11-15,17H,2-10H2,1H3;1H. The summed E-state index contributed by atoms with van der Waals surface area (Å²) < 4.78 is 1.90. The molecule has 2 aliphatic rings. The van der Waals surface area contributed by atoms with Crippen LogP contribution in [-0.2, 0) is 4.79 Å². The average molecular weight is 342 g/mol. The van der Waals surface area contributed by atoms with Gasteiger partial charge in [-0.05, 0) is 50.6 Å². The number of rotatable bonds is 4. The number of halogens is 1. The molecule has 3 unspecified atom stereocenters. The highest BCUT2D eigenvalue weighted by Crippen LogP contribution is 2.25. The van der Waals surface area contributed by atoms with Crippen LogP contribution in [0.2, 0.25) is 0 Å². The van der Waals surface area contributed by atoms with Crippen molar-refractivity contribution in [1.82, 2.24) is 25.0 Å². The van der Waals surface area contributed by atoms with Gasteiger partial charge >= 0.3 is 0 Å². The summed E-state index contributed by atoms with van der Waals surface area (Å²) in [6.45, 7) is 6.09. The van der Waals surface area contributed by atoms with Crippen molar-refractivity contribution in [2.24, 2.45) is 11.8 Å². The number of amides is 1. The molecule has 3 rings (SSSR count). The second kappa shape index (κ2) is 8.64. The van der Waals surface area contributed by atoms with Crippen LogP contribution in [0.1, 0.15) is 45.1 Å². The molecule has 1 N–H and O–H groups in total. The van der Waals surface area contributed by atoms with Crippen molar-refractivity contribution in [2.75, 3.05) is 26.2 Å². The Morgan fingerprint density at radius 2 is 2.26 bits per heavy atom. The van der Waals surface area contributed by atoms with E-state index in [-0.39, 0.29) is 18.4 Å². The van der Waals surface area contributed by atoms with Crippen molar-refractivity contribution in [3.8, 4) is 0 Å². The smallest absolute Gasteiger partial charge is 0.222 e. The van der Waals surface area contributed by atoms with Crippen molar-refractivity contribution in [2.45, 2.75) is 45.1 Å². The van der Waals surface area contributed by atoms with Crippen LogP contribution in [0.3, 0.4) is 0 Å². The zero-order valence-corrected chi connectivity index (χ0v) is 14.7. The molecule has 0 spiro atoms. The van der Waals surface area contributed by atoms with Crippen LogP contribution in [-0.4, -0.2) is 51.8 Å². The number of hydrogen-bond acceptors (Lipinski definition) is 4. The van der Waals surface area contributed by atoms with Crippen LogP contribution >= 0.6 is 12.4 Å². The Hall–Kier alpha value is -1.14. The Labute approximate surface area is 144 Å². The molecule has 1 aromatic heterocycles. The minimum absolute atomic E-state index is 0. The molecule has 0 radical (unpaired) electrons. The van der Waals surface area contributed by atoms with Crippen LogP contribution in [0.25, 0.3) is 0 Å². The van der Waals surface area contributed by atoms with Crippen LogP contribution in [0.4, 0.5) is 0 Å². The van der Waals surface area contributed by atoms with Gasteiger partial charge in [0, 0.05) is 19.5 Å². The van der Waals surface area contributed by atoms with E-state index in [9.17, 15) is 4.79 Å². The van der Waals surface area contributed by atoms with Crippen LogP contribution in [0.5, 0.6) is 0 Å². The van der Waals surface area contributed by atoms with Crippen molar-refractivity contribution >= 4 is 18.3 Å². The highest BCUT2D eigenvalue weighted by Gasteiger charge is 2.28. The van der Waals surface area contributed by atoms with Crippen molar-refractivity contribution in [3.05, 3.63) is 12.7 Å². The summed E-state index contributed by atoms with van der Waals surface area (Å²) in [5, 5.41) is 7.68. The topological polar surface area (TPSA) is 63.1 Å². The van der Waals surface area contributed by atoms with E-state index in [0.29, 0.717) is 24.2 Å². The van der Waals surface area contributed by atoms with Gasteiger partial charge in [0.05, 0.1) is 6.04 Å². The molecule has 2 saturated heterocycles. The molecule has 0 saturated carbocycles. The van der Waals surface area contributed by atoms with E-state index < -0.39 is 0 Å². The van der Waals surface area contributed by atoms with Gasteiger partial charge < -0.3 is 10.2 Å². The predicted octanol–water partition coefficient (Wildman–Crippen LogP) is 1.89. The summed E-state index contributed by atoms with van der Waals surface area (Å²) in [6, 6.07) is 0.284. The first-order valence-corrected chi connectivity index (χ1v) is 8.56. The third kappa shape index (κ3) is 4.67. The SMILES string of the molecule is CC(CC(=O)N1CCCC(n2cncn2)C1)C1CCCNC1.Cl. The van der Waals surface area contributed by atoms with E-state index in [2.05, 4.69) is 22.3 Å². The summed E-state index contributed by atoms with van der Waals surface area (Å²) >= 11 is 0. The quantitative estimate of drug-likeness (QED) is 0.908. The van der Waals surface area contributed by atoms with Gasteiger partial charge in [-0.15, -0.1) is 12.4 Å². The molecule has 130 valence electrons. The molecule has 1 amide bonds. The average Bonchev–Trinajstić information content (AvgIpc) is 3.10. The van der Waals surface area contributed by atoms with E-state index >= 15 is 0 Å². The number of carbonyl (C=O) groups excluding carboxylic acids is 1. The van der Waals surface area contributed by atoms with E-state index in [1.807, 2.05) is 9.58 Å². The molecule has 3 atom stereocenters. The van der Waals surface area contributed by atoms with Gasteiger partial charge in [0.1, 0.15) is 12.7 Å². The van der Waals surface area contributed by atoms with Crippen LogP contribution < -0.4 is 5.32 Å². The van der Waals surface area contributed by atoms with Gasteiger partial charge in [0.15, 0.2) is 0 Å². The van der Waals surface area contributed by atoms with Crippen molar-refractivity contribution in [1.29, 1.82) is 0 Å². The van der Waals surface area contributed by atoms with E-state index in [4.69, 9.17) is 0 Å². The van der Waals surface area contributed by atoms with Gasteiger partial charge in [0.2, 0.25) is 5.91 Å². The number of nitrogens with zero attached hydrogens (tertiary/aromatic N) is 4. The molecule has 0 aromatic carbocycles. The van der Waals surface area contributed by atoms with Gasteiger partial charge in [-0.2, -0.15) is 5.10 Å². The molecule has 0 aliphatic carbocycles. The highest BCUT2D eigenvalue weighted by molar-refractivity contribution is 5.85. The number of likely N-dealkylation sites (tertiary alicyclic amines) is 1. The van der Waals surface area contributed by atoms with Gasteiger partial charge in [0.25, 0.3) is 0 Å². The molecule has 3 heterocycles. The molecule has 1 aromatic rings. The molecule has 0 bridgehead atoms. The maximum atomic E-state index is 12.6. The Bertz CT molecular complexity index is 475. The minimum Gasteiger partial charge on any atom is -0.341 e. The Kier molecular flexibility index (Phi) is 6.84. The third-order valence-corrected chi connectivity index (χ3v) is 5.20. The summed E-state index contributed by atoms with van der Waals surface area (Å²) in [7, 11) is 0. The largest absolute Gasteiger partial charge is 0.341 e. The number of hydrogen-bond donors (Lipinski definition) is 1. The first kappa shape index (κ1) is 18.2. The van der Waals surface area contributed by atoms with E-state index in [1.165, 1.54) is 12.8 Å². The number of nitrogens with one attached hydrogen (secondary N) is 1. The monoisotopic (exact) mass is 341 g/mol. The Morgan fingerprint density at radius 3 is 2.96 bits per heavy atom. The second-order valence-electron chi connectivity index (χ2n) is 6.80. The lowest BCUT2D eigenvalue weighted by Gasteiger charge is -2.34. The lowest BCUT2D eigenvalue weighted by atomic mass is 9.85. The molecule has 2 fully saturated rings. The summed E-state index contributed by atoms with van der Waals surface area (Å²) in [5.41, 5.74) is 0. The Morgan fingerprint density at radius 1 is 1.39 bits per heavy atom. The Balaban J connectivity index is 0.00000192. The molecule has 7 heteroatoms. The van der Waals surface area contributed by atoms with Crippen LogP contribution in [0, 0.1) is 11.8 Å². The summed E-state index contributed by atoms with van der Waals surface area (Å²) in [6.07, 6.45) is 8.62. The van der Waals surface area contributed by atoms with Crippen molar-refractivity contribution in [3.63, 3.8) is 0 Å². The zero-order valence-electron chi connectivity index (χ0n) is 13.9. The number of aromatic nitrogens is 3.